The van der Waals surface area contributed by atoms with Crippen LogP contribution in [0.4, 0.5) is 5.82 Å². The van der Waals surface area contributed by atoms with Gasteiger partial charge in [0.05, 0.1) is 11.6 Å². The zero-order valence-electron chi connectivity index (χ0n) is 9.26. The van der Waals surface area contributed by atoms with Crippen LogP contribution in [-0.4, -0.2) is 10.5 Å². The van der Waals surface area contributed by atoms with Gasteiger partial charge in [0.1, 0.15) is 11.0 Å². The molecule has 0 saturated heterocycles. The molecule has 2 rings (SSSR count). The fourth-order valence-corrected chi connectivity index (χ4v) is 2.28. The van der Waals surface area contributed by atoms with Crippen molar-refractivity contribution in [3.05, 3.63) is 22.8 Å². The third-order valence-electron chi connectivity index (χ3n) is 3.30. The van der Waals surface area contributed by atoms with Crippen molar-refractivity contribution in [2.75, 3.05) is 5.32 Å². The van der Waals surface area contributed by atoms with Crippen LogP contribution in [0.3, 0.4) is 0 Å². The zero-order valence-corrected chi connectivity index (χ0v) is 10.0. The van der Waals surface area contributed by atoms with E-state index < -0.39 is 0 Å². The predicted octanol–water partition coefficient (Wildman–Crippen LogP) is 3.35. The Bertz CT molecular complexity index is 427. The van der Waals surface area contributed by atoms with Gasteiger partial charge in [-0.1, -0.05) is 18.5 Å². The molecular weight excluding hydrogens is 222 g/mol. The van der Waals surface area contributed by atoms with Crippen molar-refractivity contribution in [1.29, 1.82) is 5.26 Å². The Kier molecular flexibility index (Phi) is 3.02. The number of nitrogens with one attached hydrogen (secondary N) is 1. The molecule has 0 spiro atoms. The normalized spacial score (nSPS) is 17.3. The lowest BCUT2D eigenvalue weighted by Crippen LogP contribution is -2.44. The molecule has 3 nitrogen and oxygen atoms in total. The van der Waals surface area contributed by atoms with E-state index in [4.69, 9.17) is 16.9 Å². The third kappa shape index (κ3) is 2.12. The fraction of sp³-hybridized carbons (Fsp3) is 0.500. The predicted molar refractivity (Wildman–Crippen MR) is 64.5 cm³/mol. The second-order valence-electron chi connectivity index (χ2n) is 4.29. The Morgan fingerprint density at radius 2 is 2.31 bits per heavy atom. The maximum atomic E-state index is 8.85. The van der Waals surface area contributed by atoms with Gasteiger partial charge in [0.25, 0.3) is 0 Å². The summed E-state index contributed by atoms with van der Waals surface area (Å²) in [6.45, 7) is 2.17. The van der Waals surface area contributed by atoms with Crippen molar-refractivity contribution in [3.63, 3.8) is 0 Å². The van der Waals surface area contributed by atoms with Crippen LogP contribution < -0.4 is 5.32 Å². The molecule has 0 unspecified atom stereocenters. The Morgan fingerprint density at radius 3 is 2.81 bits per heavy atom. The fourth-order valence-electron chi connectivity index (χ4n) is 2.07. The van der Waals surface area contributed by atoms with Gasteiger partial charge in [0, 0.05) is 5.54 Å². The van der Waals surface area contributed by atoms with Gasteiger partial charge in [0.2, 0.25) is 0 Å². The van der Waals surface area contributed by atoms with Gasteiger partial charge in [-0.15, -0.1) is 0 Å². The highest BCUT2D eigenvalue weighted by Crippen LogP contribution is 2.37. The molecule has 0 bridgehead atoms. The van der Waals surface area contributed by atoms with Gasteiger partial charge < -0.3 is 5.32 Å². The Labute approximate surface area is 100 Å². The van der Waals surface area contributed by atoms with Crippen LogP contribution in [0.2, 0.25) is 5.15 Å². The van der Waals surface area contributed by atoms with E-state index in [0.717, 1.165) is 6.42 Å². The van der Waals surface area contributed by atoms with E-state index in [2.05, 4.69) is 23.3 Å². The van der Waals surface area contributed by atoms with Crippen LogP contribution >= 0.6 is 11.6 Å². The molecule has 0 radical (unpaired) electrons. The number of rotatable bonds is 3. The monoisotopic (exact) mass is 235 g/mol. The number of anilines is 1. The molecule has 0 amide bonds. The quantitative estimate of drug-likeness (QED) is 0.818. The summed E-state index contributed by atoms with van der Waals surface area (Å²) in [5.41, 5.74) is 0.720. The first-order valence-corrected chi connectivity index (χ1v) is 5.91. The molecule has 1 heterocycles. The number of nitriles is 1. The van der Waals surface area contributed by atoms with Crippen LogP contribution in [-0.2, 0) is 0 Å². The lowest BCUT2D eigenvalue weighted by atomic mass is 9.75. The lowest BCUT2D eigenvalue weighted by Gasteiger charge is -2.42. The highest BCUT2D eigenvalue weighted by atomic mass is 35.5. The summed E-state index contributed by atoms with van der Waals surface area (Å²) in [6, 6.07) is 5.41. The maximum Gasteiger partial charge on any atom is 0.132 e. The van der Waals surface area contributed by atoms with E-state index in [9.17, 15) is 0 Å². The molecule has 1 fully saturated rings. The van der Waals surface area contributed by atoms with Crippen molar-refractivity contribution in [3.8, 4) is 6.07 Å². The summed E-state index contributed by atoms with van der Waals surface area (Å²) in [5.74, 6) is 0.714. The molecule has 1 aromatic heterocycles. The minimum absolute atomic E-state index is 0.171. The number of hydrogen-bond donors (Lipinski definition) is 1. The number of hydrogen-bond acceptors (Lipinski definition) is 3. The molecule has 16 heavy (non-hydrogen) atoms. The van der Waals surface area contributed by atoms with Crippen LogP contribution in [0.1, 0.15) is 38.2 Å². The summed E-state index contributed by atoms with van der Waals surface area (Å²) >= 11 is 5.86. The van der Waals surface area contributed by atoms with Gasteiger partial charge in [-0.25, -0.2) is 4.98 Å². The summed E-state index contributed by atoms with van der Waals surface area (Å²) in [5, 5.41) is 12.6. The van der Waals surface area contributed by atoms with E-state index in [-0.39, 0.29) is 5.54 Å². The van der Waals surface area contributed by atoms with Crippen LogP contribution in [0.5, 0.6) is 0 Å². The molecule has 1 aliphatic carbocycles. The average molecular weight is 236 g/mol. The van der Waals surface area contributed by atoms with E-state index in [1.807, 2.05) is 0 Å². The van der Waals surface area contributed by atoms with E-state index >= 15 is 0 Å². The SMILES string of the molecule is CCC1(Nc2cc(C#N)cc(Cl)n2)CCC1. The zero-order chi connectivity index (χ0) is 11.6. The second kappa shape index (κ2) is 4.31. The van der Waals surface area contributed by atoms with Gasteiger partial charge in [-0.3, -0.25) is 0 Å². The summed E-state index contributed by atoms with van der Waals surface area (Å²) in [4.78, 5) is 4.20. The van der Waals surface area contributed by atoms with Gasteiger partial charge in [-0.2, -0.15) is 5.26 Å². The van der Waals surface area contributed by atoms with Crippen LogP contribution in [0.25, 0.3) is 0 Å². The molecule has 84 valence electrons. The first kappa shape index (κ1) is 11.2. The Balaban J connectivity index is 2.21. The maximum absolute atomic E-state index is 8.85. The number of aromatic nitrogens is 1. The second-order valence-corrected chi connectivity index (χ2v) is 4.68. The number of halogens is 1. The molecule has 1 saturated carbocycles. The van der Waals surface area contributed by atoms with E-state index in [1.54, 1.807) is 12.1 Å². The van der Waals surface area contributed by atoms with E-state index in [1.165, 1.54) is 19.3 Å². The van der Waals surface area contributed by atoms with Gasteiger partial charge >= 0.3 is 0 Å². The van der Waals surface area contributed by atoms with Gasteiger partial charge in [-0.05, 0) is 37.8 Å². The topological polar surface area (TPSA) is 48.7 Å². The van der Waals surface area contributed by atoms with Crippen molar-refractivity contribution < 1.29 is 0 Å². The van der Waals surface area contributed by atoms with Crippen LogP contribution in [0.15, 0.2) is 12.1 Å². The molecule has 1 aromatic rings. The van der Waals surface area contributed by atoms with Crippen molar-refractivity contribution in [2.24, 2.45) is 0 Å². The molecule has 0 aliphatic heterocycles. The average Bonchev–Trinajstić information content (AvgIpc) is 2.22. The van der Waals surface area contributed by atoms with Crippen molar-refractivity contribution in [2.45, 2.75) is 38.1 Å². The third-order valence-corrected chi connectivity index (χ3v) is 3.50. The molecule has 0 atom stereocenters. The lowest BCUT2D eigenvalue weighted by molar-refractivity contribution is 0.269. The smallest absolute Gasteiger partial charge is 0.132 e. The first-order valence-electron chi connectivity index (χ1n) is 5.53. The molecule has 4 heteroatoms. The van der Waals surface area contributed by atoms with Crippen LogP contribution in [0, 0.1) is 11.3 Å². The molecule has 0 aromatic carbocycles. The van der Waals surface area contributed by atoms with E-state index in [0.29, 0.717) is 16.5 Å². The summed E-state index contributed by atoms with van der Waals surface area (Å²) in [6.07, 6.45) is 4.66. The molecular formula is C12H14ClN3. The number of nitrogens with zero attached hydrogens (tertiary/aromatic N) is 2. The molecule has 1 aliphatic rings. The standard InChI is InChI=1S/C12H14ClN3/c1-2-12(4-3-5-12)16-11-7-9(8-14)6-10(13)15-11/h6-7H,2-5H2,1H3,(H,15,16). The highest BCUT2D eigenvalue weighted by Gasteiger charge is 2.35. The minimum Gasteiger partial charge on any atom is -0.365 e. The first-order chi connectivity index (χ1) is 7.67. The minimum atomic E-state index is 0.171. The van der Waals surface area contributed by atoms with Gasteiger partial charge in [0.15, 0.2) is 0 Å². The van der Waals surface area contributed by atoms with Crippen molar-refractivity contribution >= 4 is 17.4 Å². The molecule has 1 N–H and O–H groups in total. The Hall–Kier alpha value is -1.27. The van der Waals surface area contributed by atoms with Crippen molar-refractivity contribution in [1.82, 2.24) is 4.98 Å². The Morgan fingerprint density at radius 1 is 1.56 bits per heavy atom. The largest absolute Gasteiger partial charge is 0.365 e. The highest BCUT2D eigenvalue weighted by molar-refractivity contribution is 6.29. The summed E-state index contributed by atoms with van der Waals surface area (Å²) < 4.78 is 0. The summed E-state index contributed by atoms with van der Waals surface area (Å²) in [7, 11) is 0. The number of pyridine rings is 1.